The molecule has 2 rings (SSSR count). The van der Waals surface area contributed by atoms with E-state index in [4.69, 9.17) is 16.3 Å². The van der Waals surface area contributed by atoms with Crippen LogP contribution in [-0.4, -0.2) is 34.4 Å². The summed E-state index contributed by atoms with van der Waals surface area (Å²) in [6.07, 6.45) is 2.95. The molecule has 0 bridgehead atoms. The molecule has 0 aliphatic carbocycles. The van der Waals surface area contributed by atoms with Crippen molar-refractivity contribution in [1.29, 1.82) is 0 Å². The first kappa shape index (κ1) is 12.5. The minimum atomic E-state index is -0.263. The van der Waals surface area contributed by atoms with Crippen LogP contribution in [0, 0.1) is 0 Å². The van der Waals surface area contributed by atoms with Crippen molar-refractivity contribution in [3.8, 4) is 5.69 Å². The molecule has 1 aromatic carbocycles. The lowest BCUT2D eigenvalue weighted by molar-refractivity contribution is -0.119. The number of hydrogen-bond acceptors (Lipinski definition) is 4. The fraction of sp³-hybridized carbons (Fsp3) is 0.182. The molecule has 7 heteroatoms. The van der Waals surface area contributed by atoms with Gasteiger partial charge in [-0.25, -0.2) is 9.67 Å². The van der Waals surface area contributed by atoms with Gasteiger partial charge >= 0.3 is 0 Å². The van der Waals surface area contributed by atoms with Crippen LogP contribution in [0.3, 0.4) is 0 Å². The predicted molar refractivity (Wildman–Crippen MR) is 66.9 cm³/mol. The first-order valence-electron chi connectivity index (χ1n) is 5.14. The number of ether oxygens (including phenoxy) is 1. The number of nitrogens with zero attached hydrogens (tertiary/aromatic N) is 3. The Hall–Kier alpha value is -1.92. The summed E-state index contributed by atoms with van der Waals surface area (Å²) in [4.78, 5) is 15.4. The van der Waals surface area contributed by atoms with Crippen LogP contribution in [-0.2, 0) is 9.53 Å². The number of rotatable bonds is 4. The maximum absolute atomic E-state index is 11.5. The Balaban J connectivity index is 2.32. The highest BCUT2D eigenvalue weighted by Gasteiger charge is 2.09. The molecular weight excluding hydrogens is 256 g/mol. The molecule has 94 valence electrons. The Labute approximate surface area is 109 Å². The number of methoxy groups -OCH3 is 1. The van der Waals surface area contributed by atoms with E-state index in [1.165, 1.54) is 19.8 Å². The van der Waals surface area contributed by atoms with Crippen LogP contribution >= 0.6 is 11.6 Å². The van der Waals surface area contributed by atoms with Gasteiger partial charge in [0.05, 0.1) is 11.4 Å². The number of nitrogens with one attached hydrogen (secondary N) is 1. The highest BCUT2D eigenvalue weighted by molar-refractivity contribution is 6.31. The van der Waals surface area contributed by atoms with Gasteiger partial charge in [0.15, 0.2) is 0 Å². The summed E-state index contributed by atoms with van der Waals surface area (Å²) in [5.74, 6) is -0.263. The van der Waals surface area contributed by atoms with Gasteiger partial charge in [0, 0.05) is 12.1 Å². The Kier molecular flexibility index (Phi) is 3.91. The lowest BCUT2D eigenvalue weighted by Crippen LogP contribution is -2.18. The zero-order valence-electron chi connectivity index (χ0n) is 9.63. The Bertz CT molecular complexity index is 542. The monoisotopic (exact) mass is 266 g/mol. The highest BCUT2D eigenvalue weighted by Crippen LogP contribution is 2.23. The van der Waals surface area contributed by atoms with E-state index >= 15 is 0 Å². The number of halogens is 1. The third-order valence-corrected chi connectivity index (χ3v) is 2.41. The van der Waals surface area contributed by atoms with Crippen LogP contribution in [0.15, 0.2) is 30.9 Å². The zero-order chi connectivity index (χ0) is 13.0. The Morgan fingerprint density at radius 2 is 2.39 bits per heavy atom. The molecule has 0 saturated carbocycles. The van der Waals surface area contributed by atoms with Crippen molar-refractivity contribution in [2.75, 3.05) is 19.0 Å². The minimum Gasteiger partial charge on any atom is -0.375 e. The largest absolute Gasteiger partial charge is 0.375 e. The number of hydrogen-bond donors (Lipinski definition) is 1. The van der Waals surface area contributed by atoms with Crippen LogP contribution < -0.4 is 5.32 Å². The fourth-order valence-electron chi connectivity index (χ4n) is 1.46. The van der Waals surface area contributed by atoms with Gasteiger partial charge in [-0.2, -0.15) is 5.10 Å². The predicted octanol–water partition coefficient (Wildman–Crippen LogP) is 1.51. The van der Waals surface area contributed by atoms with Crippen molar-refractivity contribution in [3.63, 3.8) is 0 Å². The Morgan fingerprint density at radius 1 is 1.56 bits per heavy atom. The van der Waals surface area contributed by atoms with E-state index in [1.807, 2.05) is 0 Å². The van der Waals surface area contributed by atoms with E-state index < -0.39 is 0 Å². The molecule has 1 heterocycles. The maximum Gasteiger partial charge on any atom is 0.250 e. The van der Waals surface area contributed by atoms with Crippen molar-refractivity contribution in [2.24, 2.45) is 0 Å². The van der Waals surface area contributed by atoms with Gasteiger partial charge in [0.2, 0.25) is 5.91 Å². The van der Waals surface area contributed by atoms with E-state index in [1.54, 1.807) is 22.9 Å². The number of carbonyl (C=O) groups excluding carboxylic acids is 1. The molecule has 1 amide bonds. The molecule has 18 heavy (non-hydrogen) atoms. The second kappa shape index (κ2) is 5.61. The zero-order valence-corrected chi connectivity index (χ0v) is 10.4. The molecular formula is C11H11ClN4O2. The van der Waals surface area contributed by atoms with E-state index in [0.717, 1.165) is 0 Å². The molecule has 0 aliphatic heterocycles. The highest BCUT2D eigenvalue weighted by atomic mass is 35.5. The molecule has 0 fully saturated rings. The molecule has 2 aromatic rings. The summed E-state index contributed by atoms with van der Waals surface area (Å²) < 4.78 is 6.30. The third-order valence-electron chi connectivity index (χ3n) is 2.17. The second-order valence-corrected chi connectivity index (χ2v) is 3.92. The Morgan fingerprint density at radius 3 is 3.06 bits per heavy atom. The summed E-state index contributed by atoms with van der Waals surface area (Å²) in [5.41, 5.74) is 1.23. The second-order valence-electron chi connectivity index (χ2n) is 3.48. The average Bonchev–Trinajstić information content (AvgIpc) is 2.83. The number of benzene rings is 1. The van der Waals surface area contributed by atoms with Gasteiger partial charge in [0.1, 0.15) is 19.3 Å². The van der Waals surface area contributed by atoms with E-state index in [-0.39, 0.29) is 12.5 Å². The van der Waals surface area contributed by atoms with Gasteiger partial charge in [0.25, 0.3) is 0 Å². The SMILES string of the molecule is COCC(=O)Nc1cc(Cl)ccc1-n1cncn1. The van der Waals surface area contributed by atoms with Crippen LogP contribution in [0.25, 0.3) is 5.69 Å². The minimum absolute atomic E-state index is 0.0245. The lowest BCUT2D eigenvalue weighted by Gasteiger charge is -2.10. The summed E-state index contributed by atoms with van der Waals surface area (Å²) in [6, 6.07) is 5.11. The van der Waals surface area contributed by atoms with E-state index in [0.29, 0.717) is 16.4 Å². The fourth-order valence-corrected chi connectivity index (χ4v) is 1.63. The van der Waals surface area contributed by atoms with Gasteiger partial charge in [-0.15, -0.1) is 0 Å². The standard InChI is InChI=1S/C11H11ClN4O2/c1-18-5-11(17)15-9-4-8(12)2-3-10(9)16-7-13-6-14-16/h2-4,6-7H,5H2,1H3,(H,15,17). The topological polar surface area (TPSA) is 69.0 Å². The number of anilines is 1. The normalized spacial score (nSPS) is 10.3. The molecule has 6 nitrogen and oxygen atoms in total. The third kappa shape index (κ3) is 2.85. The summed E-state index contributed by atoms with van der Waals surface area (Å²) in [6.45, 7) is -0.0245. The molecule has 1 N–H and O–H groups in total. The van der Waals surface area contributed by atoms with Crippen LogP contribution in [0.5, 0.6) is 0 Å². The molecule has 0 aliphatic rings. The molecule has 0 spiro atoms. The number of aromatic nitrogens is 3. The van der Waals surface area contributed by atoms with Gasteiger partial charge in [-0.3, -0.25) is 4.79 Å². The lowest BCUT2D eigenvalue weighted by atomic mass is 10.2. The van der Waals surface area contributed by atoms with Crippen molar-refractivity contribution in [2.45, 2.75) is 0 Å². The van der Waals surface area contributed by atoms with Crippen LogP contribution in [0.4, 0.5) is 5.69 Å². The van der Waals surface area contributed by atoms with Crippen LogP contribution in [0.1, 0.15) is 0 Å². The van der Waals surface area contributed by atoms with Gasteiger partial charge in [-0.1, -0.05) is 11.6 Å². The molecule has 0 saturated heterocycles. The summed E-state index contributed by atoms with van der Waals surface area (Å²) in [7, 11) is 1.45. The van der Waals surface area contributed by atoms with Crippen molar-refractivity contribution >= 4 is 23.2 Å². The summed E-state index contributed by atoms with van der Waals surface area (Å²) >= 11 is 5.91. The molecule has 1 aromatic heterocycles. The first-order chi connectivity index (χ1) is 8.70. The van der Waals surface area contributed by atoms with E-state index in [2.05, 4.69) is 15.4 Å². The number of carbonyl (C=O) groups is 1. The average molecular weight is 267 g/mol. The van der Waals surface area contributed by atoms with Crippen molar-refractivity contribution in [1.82, 2.24) is 14.8 Å². The van der Waals surface area contributed by atoms with Crippen molar-refractivity contribution < 1.29 is 9.53 Å². The molecule has 0 unspecified atom stereocenters. The molecule has 0 radical (unpaired) electrons. The van der Waals surface area contributed by atoms with Crippen LogP contribution in [0.2, 0.25) is 5.02 Å². The quantitative estimate of drug-likeness (QED) is 0.911. The molecule has 0 atom stereocenters. The van der Waals surface area contributed by atoms with Gasteiger partial charge in [-0.05, 0) is 18.2 Å². The maximum atomic E-state index is 11.5. The van der Waals surface area contributed by atoms with Gasteiger partial charge < -0.3 is 10.1 Å². The number of amides is 1. The van der Waals surface area contributed by atoms with E-state index in [9.17, 15) is 4.79 Å². The summed E-state index contributed by atoms with van der Waals surface area (Å²) in [5, 5.41) is 7.23. The smallest absolute Gasteiger partial charge is 0.250 e. The first-order valence-corrected chi connectivity index (χ1v) is 5.52. The van der Waals surface area contributed by atoms with Crippen molar-refractivity contribution in [3.05, 3.63) is 35.9 Å².